The van der Waals surface area contributed by atoms with Gasteiger partial charge in [0.25, 0.3) is 0 Å². The molecular formula is C42H27NO. The van der Waals surface area contributed by atoms with Crippen molar-refractivity contribution in [3.05, 3.63) is 164 Å². The Morgan fingerprint density at radius 3 is 1.95 bits per heavy atom. The van der Waals surface area contributed by atoms with Gasteiger partial charge >= 0.3 is 0 Å². The first-order valence-electron chi connectivity index (χ1n) is 15.0. The molecule has 1 aromatic heterocycles. The van der Waals surface area contributed by atoms with Crippen molar-refractivity contribution < 1.29 is 4.42 Å². The Labute approximate surface area is 255 Å². The quantitative estimate of drug-likeness (QED) is 0.199. The molecule has 0 unspecified atom stereocenters. The lowest BCUT2D eigenvalue weighted by Gasteiger charge is -2.27. The van der Waals surface area contributed by atoms with Gasteiger partial charge in [0.2, 0.25) is 0 Å². The predicted octanol–water partition coefficient (Wildman–Crippen LogP) is 12.2. The molecule has 0 aliphatic heterocycles. The Bertz CT molecular complexity index is 2500. The Morgan fingerprint density at radius 2 is 1.05 bits per heavy atom. The minimum atomic E-state index is 0.924. The zero-order chi connectivity index (χ0) is 29.0. The van der Waals surface area contributed by atoms with E-state index in [9.17, 15) is 0 Å². The van der Waals surface area contributed by atoms with Gasteiger partial charge < -0.3 is 9.32 Å². The molecular weight excluding hydrogens is 534 g/mol. The van der Waals surface area contributed by atoms with Crippen molar-refractivity contribution in [1.29, 1.82) is 0 Å². The molecule has 0 N–H and O–H groups in total. The van der Waals surface area contributed by atoms with Crippen LogP contribution in [0.1, 0.15) is 0 Å². The van der Waals surface area contributed by atoms with E-state index in [1.807, 2.05) is 12.1 Å². The van der Waals surface area contributed by atoms with Gasteiger partial charge in [0.05, 0.1) is 5.69 Å². The second kappa shape index (κ2) is 9.86. The maximum absolute atomic E-state index is 6.19. The van der Waals surface area contributed by atoms with E-state index in [1.165, 1.54) is 43.4 Å². The molecule has 0 aliphatic rings. The molecule has 2 heteroatoms. The molecule has 0 saturated heterocycles. The Kier molecular flexibility index (Phi) is 5.54. The van der Waals surface area contributed by atoms with Crippen LogP contribution < -0.4 is 4.90 Å². The topological polar surface area (TPSA) is 16.4 Å². The molecule has 0 bridgehead atoms. The monoisotopic (exact) mass is 561 g/mol. The summed E-state index contributed by atoms with van der Waals surface area (Å²) in [4.78, 5) is 2.39. The SMILES string of the molecule is c1ccc(-c2cccc(N(c3ccc4c(ccc5cc6oc7ccccc7c6cc54)c3)c3cccc4ccccc34)c2)cc1. The van der Waals surface area contributed by atoms with Crippen LogP contribution in [-0.2, 0) is 0 Å². The standard InChI is InChI=1S/C42H27NO/c1-2-10-28(11-3-1)30-14-8-15-33(24-30)43(40-18-9-13-29-12-4-5-16-36(29)40)34-22-23-35-31(25-34)20-21-32-26-42-39(27-38(32)35)37-17-6-7-19-41(37)44-42/h1-27H. The van der Waals surface area contributed by atoms with Gasteiger partial charge in [0, 0.05) is 27.5 Å². The largest absolute Gasteiger partial charge is 0.456 e. The van der Waals surface area contributed by atoms with Crippen LogP contribution >= 0.6 is 0 Å². The van der Waals surface area contributed by atoms with Crippen LogP contribution in [0.15, 0.2) is 168 Å². The van der Waals surface area contributed by atoms with E-state index in [2.05, 4.69) is 157 Å². The zero-order valence-corrected chi connectivity index (χ0v) is 23.9. The second-order valence-corrected chi connectivity index (χ2v) is 11.4. The summed E-state index contributed by atoms with van der Waals surface area (Å²) in [6.07, 6.45) is 0. The van der Waals surface area contributed by atoms with Crippen molar-refractivity contribution in [2.45, 2.75) is 0 Å². The number of nitrogens with zero attached hydrogens (tertiary/aromatic N) is 1. The first-order chi connectivity index (χ1) is 21.8. The van der Waals surface area contributed by atoms with Crippen molar-refractivity contribution in [2.24, 2.45) is 0 Å². The smallest absolute Gasteiger partial charge is 0.136 e. The van der Waals surface area contributed by atoms with Crippen molar-refractivity contribution in [2.75, 3.05) is 4.90 Å². The minimum Gasteiger partial charge on any atom is -0.456 e. The molecule has 0 aliphatic carbocycles. The highest BCUT2D eigenvalue weighted by atomic mass is 16.3. The molecule has 44 heavy (non-hydrogen) atoms. The number of fused-ring (bicyclic) bond motifs is 7. The van der Waals surface area contributed by atoms with E-state index in [4.69, 9.17) is 4.42 Å². The maximum atomic E-state index is 6.19. The van der Waals surface area contributed by atoms with Crippen molar-refractivity contribution in [3.63, 3.8) is 0 Å². The minimum absolute atomic E-state index is 0.924. The molecule has 0 amide bonds. The normalized spacial score (nSPS) is 11.6. The first kappa shape index (κ1) is 24.7. The number of rotatable bonds is 4. The van der Waals surface area contributed by atoms with Crippen LogP contribution in [0.4, 0.5) is 17.1 Å². The fourth-order valence-electron chi connectivity index (χ4n) is 6.70. The van der Waals surface area contributed by atoms with Gasteiger partial charge in [-0.05, 0) is 86.6 Å². The Morgan fingerprint density at radius 1 is 0.341 bits per heavy atom. The summed E-state index contributed by atoms with van der Waals surface area (Å²) in [5.74, 6) is 0. The van der Waals surface area contributed by atoms with Crippen LogP contribution in [0, 0.1) is 0 Å². The number of hydrogen-bond acceptors (Lipinski definition) is 2. The fraction of sp³-hybridized carbons (Fsp3) is 0. The Balaban J connectivity index is 1.27. The molecule has 9 rings (SSSR count). The number of anilines is 3. The molecule has 0 spiro atoms. The van der Waals surface area contributed by atoms with Gasteiger partial charge in [-0.3, -0.25) is 0 Å². The summed E-state index contributed by atoms with van der Waals surface area (Å²) in [7, 11) is 0. The van der Waals surface area contributed by atoms with E-state index < -0.39 is 0 Å². The molecule has 0 radical (unpaired) electrons. The van der Waals surface area contributed by atoms with E-state index in [-0.39, 0.29) is 0 Å². The number of benzene rings is 8. The van der Waals surface area contributed by atoms with E-state index in [1.54, 1.807) is 0 Å². The highest BCUT2D eigenvalue weighted by Crippen LogP contribution is 2.42. The van der Waals surface area contributed by atoms with Gasteiger partial charge in [0.1, 0.15) is 11.2 Å². The summed E-state index contributed by atoms with van der Waals surface area (Å²) in [5.41, 5.74) is 7.64. The van der Waals surface area contributed by atoms with Crippen molar-refractivity contribution in [1.82, 2.24) is 0 Å². The van der Waals surface area contributed by atoms with E-state index in [0.717, 1.165) is 39.0 Å². The van der Waals surface area contributed by atoms with Crippen LogP contribution in [0.3, 0.4) is 0 Å². The third kappa shape index (κ3) is 3.96. The predicted molar refractivity (Wildman–Crippen MR) is 186 cm³/mol. The summed E-state index contributed by atoms with van der Waals surface area (Å²) >= 11 is 0. The second-order valence-electron chi connectivity index (χ2n) is 11.4. The first-order valence-corrected chi connectivity index (χ1v) is 15.0. The number of furan rings is 1. The molecule has 0 fully saturated rings. The fourth-order valence-corrected chi connectivity index (χ4v) is 6.70. The van der Waals surface area contributed by atoms with E-state index >= 15 is 0 Å². The third-order valence-corrected chi connectivity index (χ3v) is 8.79. The summed E-state index contributed by atoms with van der Waals surface area (Å²) in [5, 5.41) is 9.58. The number of para-hydroxylation sites is 1. The lowest BCUT2D eigenvalue weighted by atomic mass is 9.98. The molecule has 2 nitrogen and oxygen atoms in total. The van der Waals surface area contributed by atoms with E-state index in [0.29, 0.717) is 0 Å². The summed E-state index contributed by atoms with van der Waals surface area (Å²) < 4.78 is 6.19. The van der Waals surface area contributed by atoms with Gasteiger partial charge in [0.15, 0.2) is 0 Å². The van der Waals surface area contributed by atoms with Crippen LogP contribution in [0.2, 0.25) is 0 Å². The average Bonchev–Trinajstić information content (AvgIpc) is 3.45. The summed E-state index contributed by atoms with van der Waals surface area (Å²) in [6, 6.07) is 58.7. The molecule has 0 atom stereocenters. The maximum Gasteiger partial charge on any atom is 0.136 e. The molecule has 1 heterocycles. The van der Waals surface area contributed by atoms with Crippen LogP contribution in [0.5, 0.6) is 0 Å². The molecule has 8 aromatic carbocycles. The highest BCUT2D eigenvalue weighted by molar-refractivity contribution is 6.17. The van der Waals surface area contributed by atoms with Gasteiger partial charge in [-0.15, -0.1) is 0 Å². The van der Waals surface area contributed by atoms with Crippen molar-refractivity contribution >= 4 is 71.3 Å². The molecule has 9 aromatic rings. The van der Waals surface area contributed by atoms with Gasteiger partial charge in [-0.1, -0.05) is 115 Å². The van der Waals surface area contributed by atoms with Gasteiger partial charge in [-0.25, -0.2) is 0 Å². The average molecular weight is 562 g/mol. The van der Waals surface area contributed by atoms with Crippen molar-refractivity contribution in [3.8, 4) is 11.1 Å². The molecule has 206 valence electrons. The highest BCUT2D eigenvalue weighted by Gasteiger charge is 2.17. The third-order valence-electron chi connectivity index (χ3n) is 8.79. The summed E-state index contributed by atoms with van der Waals surface area (Å²) in [6.45, 7) is 0. The number of hydrogen-bond donors (Lipinski definition) is 0. The van der Waals surface area contributed by atoms with Crippen LogP contribution in [0.25, 0.3) is 65.4 Å². The van der Waals surface area contributed by atoms with Crippen LogP contribution in [-0.4, -0.2) is 0 Å². The Hall–Kier alpha value is -5.86. The lowest BCUT2D eigenvalue weighted by Crippen LogP contribution is -2.10. The molecule has 0 saturated carbocycles. The van der Waals surface area contributed by atoms with Gasteiger partial charge in [-0.2, -0.15) is 0 Å². The lowest BCUT2D eigenvalue weighted by molar-refractivity contribution is 0.669. The zero-order valence-electron chi connectivity index (χ0n) is 23.9.